The van der Waals surface area contributed by atoms with E-state index in [4.69, 9.17) is 0 Å². The average Bonchev–Trinajstić information content (AvgIpc) is 2.89. The molecule has 0 saturated carbocycles. The molecule has 0 aromatic heterocycles. The van der Waals surface area contributed by atoms with Gasteiger partial charge in [0.05, 0.1) is 0 Å². The van der Waals surface area contributed by atoms with Crippen molar-refractivity contribution >= 4 is 97.4 Å². The molecule has 38 heavy (non-hydrogen) atoms. The lowest BCUT2D eigenvalue weighted by atomic mass is 9.71. The van der Waals surface area contributed by atoms with Gasteiger partial charge >= 0.3 is 0 Å². The average molecular weight is 582 g/mol. The van der Waals surface area contributed by atoms with Crippen molar-refractivity contribution in [2.75, 3.05) is 13.7 Å². The number of β-lactam (4-membered cyclic amide) rings is 12. The first-order chi connectivity index (χ1) is 17.7. The largest absolute Gasteiger partial charge is 0.286 e. The van der Waals surface area contributed by atoms with Crippen molar-refractivity contribution in [1.82, 2.24) is 28.3 Å². The molecule has 6 heterocycles. The van der Waals surface area contributed by atoms with Crippen molar-refractivity contribution in [3.05, 3.63) is 0 Å². The number of amides is 12. The standard InChI is InChI=1S/C17H9N6O12P3/c1-18-3(24)15(4(18)25)7(28)20(8(15)29)37-22-11(32)17(12(22)33)13(34)23(14(17)35)38-21-9(30)16(10(21)31)5(26)19(36-2)6(16)27/h36-38H,1-2H3. The van der Waals surface area contributed by atoms with Crippen LogP contribution in [-0.4, -0.2) is 113 Å². The van der Waals surface area contributed by atoms with E-state index >= 15 is 0 Å². The number of nitrogens with zero attached hydrogens (tertiary/aromatic N) is 6. The summed E-state index contributed by atoms with van der Waals surface area (Å²) in [5.74, 6) is -14.7. The van der Waals surface area contributed by atoms with Crippen LogP contribution in [0.25, 0.3) is 0 Å². The van der Waals surface area contributed by atoms with Crippen LogP contribution in [0.3, 0.4) is 0 Å². The molecule has 3 spiro atoms. The van der Waals surface area contributed by atoms with E-state index < -0.39 is 105 Å². The maximum atomic E-state index is 12.7. The Morgan fingerprint density at radius 1 is 0.395 bits per heavy atom. The molecule has 0 aromatic carbocycles. The van der Waals surface area contributed by atoms with Crippen LogP contribution in [0, 0.1) is 16.2 Å². The van der Waals surface area contributed by atoms with Crippen LogP contribution in [-0.2, 0) is 57.5 Å². The van der Waals surface area contributed by atoms with E-state index in [1.54, 1.807) is 0 Å². The van der Waals surface area contributed by atoms with Crippen molar-refractivity contribution in [3.8, 4) is 0 Å². The van der Waals surface area contributed by atoms with Gasteiger partial charge in [-0.3, -0.25) is 67.1 Å². The predicted molar refractivity (Wildman–Crippen MR) is 115 cm³/mol. The summed E-state index contributed by atoms with van der Waals surface area (Å²) in [6.45, 7) is 1.47. The fourth-order valence-corrected chi connectivity index (χ4v) is 8.04. The Bertz CT molecular complexity index is 1420. The minimum atomic E-state index is -2.83. The first-order valence-electron chi connectivity index (χ1n) is 10.2. The van der Waals surface area contributed by atoms with E-state index in [-0.39, 0.29) is 18.1 Å². The third-order valence-electron chi connectivity index (χ3n) is 7.11. The third-order valence-corrected chi connectivity index (χ3v) is 10.4. The Balaban J connectivity index is 1.12. The molecule has 0 aliphatic carbocycles. The molecule has 12 amide bonds. The minimum Gasteiger partial charge on any atom is -0.282 e. The van der Waals surface area contributed by atoms with Gasteiger partial charge in [-0.2, -0.15) is 0 Å². The van der Waals surface area contributed by atoms with E-state index in [0.717, 1.165) is 7.05 Å². The van der Waals surface area contributed by atoms with Gasteiger partial charge in [0.1, 0.15) is 17.8 Å². The van der Waals surface area contributed by atoms with Crippen LogP contribution in [0.1, 0.15) is 0 Å². The Kier molecular flexibility index (Phi) is 4.35. The summed E-state index contributed by atoms with van der Waals surface area (Å²) in [4.78, 5) is 149. The molecule has 3 unspecified atom stereocenters. The molecule has 0 aromatic rings. The van der Waals surface area contributed by atoms with Gasteiger partial charge in [-0.1, -0.05) is 0 Å². The molecule has 0 radical (unpaired) electrons. The summed E-state index contributed by atoms with van der Waals surface area (Å²) in [6.07, 6.45) is 0. The lowest BCUT2D eigenvalue weighted by Gasteiger charge is -2.57. The van der Waals surface area contributed by atoms with Gasteiger partial charge in [-0.15, -0.1) is 0 Å². The molecule has 6 fully saturated rings. The van der Waals surface area contributed by atoms with Crippen LogP contribution < -0.4 is 0 Å². The smallest absolute Gasteiger partial charge is 0.282 e. The van der Waals surface area contributed by atoms with Gasteiger partial charge in [0.15, 0.2) is 0 Å². The number of hydrogen-bond donors (Lipinski definition) is 0. The molecule has 194 valence electrons. The minimum absolute atomic E-state index is 0.261. The van der Waals surface area contributed by atoms with Crippen LogP contribution in [0.2, 0.25) is 0 Å². The van der Waals surface area contributed by atoms with Crippen molar-refractivity contribution in [2.45, 2.75) is 0 Å². The highest BCUT2D eigenvalue weighted by atomic mass is 31.1. The molecule has 6 aliphatic rings. The molecule has 0 N–H and O–H groups in total. The van der Waals surface area contributed by atoms with E-state index in [1.165, 1.54) is 6.66 Å². The molecule has 18 nitrogen and oxygen atoms in total. The fourth-order valence-electron chi connectivity index (χ4n) is 4.83. The maximum Gasteiger partial charge on any atom is 0.286 e. The molecule has 21 heteroatoms. The Morgan fingerprint density at radius 3 is 0.842 bits per heavy atom. The van der Waals surface area contributed by atoms with Crippen molar-refractivity contribution in [3.63, 3.8) is 0 Å². The summed E-state index contributed by atoms with van der Waals surface area (Å²) in [7, 11) is -1.98. The third kappa shape index (κ3) is 1.96. The first kappa shape index (κ1) is 24.5. The number of hydrogen-bond acceptors (Lipinski definition) is 12. The van der Waals surface area contributed by atoms with Crippen LogP contribution in [0.5, 0.6) is 0 Å². The van der Waals surface area contributed by atoms with Gasteiger partial charge in [0.25, 0.3) is 87.1 Å². The van der Waals surface area contributed by atoms with E-state index in [9.17, 15) is 57.5 Å². The molecule has 6 rings (SSSR count). The highest BCUT2D eigenvalue weighted by Gasteiger charge is 2.85. The van der Waals surface area contributed by atoms with Gasteiger partial charge in [0.2, 0.25) is 0 Å². The predicted octanol–water partition coefficient (Wildman–Crippen LogP) is -4.97. The van der Waals surface area contributed by atoms with Crippen LogP contribution in [0.15, 0.2) is 0 Å². The highest BCUT2D eigenvalue weighted by molar-refractivity contribution is 7.40. The van der Waals surface area contributed by atoms with Gasteiger partial charge < -0.3 is 0 Å². The zero-order valence-corrected chi connectivity index (χ0v) is 21.6. The number of imide groups is 6. The molecular weight excluding hydrogens is 573 g/mol. The zero-order valence-electron chi connectivity index (χ0n) is 18.6. The molecule has 6 aliphatic heterocycles. The van der Waals surface area contributed by atoms with E-state index in [0.29, 0.717) is 18.9 Å². The topological polar surface area (TPSA) is 224 Å². The fraction of sp³-hybridized carbons (Fsp3) is 0.294. The van der Waals surface area contributed by atoms with Gasteiger partial charge in [0, 0.05) is 7.05 Å². The number of carbonyl (C=O) groups is 12. The first-order valence-corrected chi connectivity index (χ1v) is 13.4. The molecular formula is C17H9N6O12P3. The molecule has 3 atom stereocenters. The van der Waals surface area contributed by atoms with E-state index in [2.05, 4.69) is 0 Å². The monoisotopic (exact) mass is 582 g/mol. The summed E-state index contributed by atoms with van der Waals surface area (Å²) >= 11 is 0. The number of rotatable bonds is 5. The summed E-state index contributed by atoms with van der Waals surface area (Å²) in [5.41, 5.74) is -7.90. The van der Waals surface area contributed by atoms with Crippen molar-refractivity contribution < 1.29 is 57.5 Å². The summed E-state index contributed by atoms with van der Waals surface area (Å²) < 4.78 is 1.86. The van der Waals surface area contributed by atoms with E-state index in [1.807, 2.05) is 0 Å². The molecule has 0 bridgehead atoms. The molecule has 6 saturated heterocycles. The summed E-state index contributed by atoms with van der Waals surface area (Å²) in [6, 6.07) is 0. The number of likely N-dealkylation sites (tertiary alicyclic amines) is 1. The van der Waals surface area contributed by atoms with Crippen LogP contribution >= 0.6 is 26.5 Å². The number of carbonyl (C=O) groups excluding carboxylic acids is 12. The quantitative estimate of drug-likeness (QED) is 0.169. The normalized spacial score (nSPS) is 27.3. The van der Waals surface area contributed by atoms with Crippen molar-refractivity contribution in [2.24, 2.45) is 16.2 Å². The summed E-state index contributed by atoms with van der Waals surface area (Å²) in [5, 5.41) is 0. The van der Waals surface area contributed by atoms with Gasteiger partial charge in [-0.05, 0) is 15.4 Å². The second-order valence-corrected chi connectivity index (χ2v) is 11.7. The second kappa shape index (κ2) is 6.76. The lowest BCUT2D eigenvalue weighted by Crippen LogP contribution is -2.85. The van der Waals surface area contributed by atoms with Gasteiger partial charge in [-0.25, -0.2) is 18.7 Å². The lowest BCUT2D eigenvalue weighted by molar-refractivity contribution is -0.194. The van der Waals surface area contributed by atoms with Crippen molar-refractivity contribution in [1.29, 1.82) is 0 Å². The zero-order chi connectivity index (χ0) is 28.0. The highest BCUT2D eigenvalue weighted by Crippen LogP contribution is 2.59. The SMILES string of the molecule is CPN1C(=O)C2(C1=O)C(=O)N(PN1C(=O)C3(C(=O)N(PN4C(=O)C5(C(=O)N(C)C5=O)C4=O)C3=O)C1=O)C2=O. The second-order valence-electron chi connectivity index (χ2n) is 8.57. The Labute approximate surface area is 213 Å². The maximum absolute atomic E-state index is 12.7. The van der Waals surface area contributed by atoms with Crippen LogP contribution in [0.4, 0.5) is 0 Å². The Morgan fingerprint density at radius 2 is 0.605 bits per heavy atom. The Hall–Kier alpha value is -3.87.